The van der Waals surface area contributed by atoms with E-state index in [0.717, 1.165) is 4.90 Å². The summed E-state index contributed by atoms with van der Waals surface area (Å²) in [5, 5.41) is 35.5. The van der Waals surface area contributed by atoms with Crippen LogP contribution in [0.1, 0.15) is 61.8 Å². The number of H-pyrrole nitrogens is 1. The van der Waals surface area contributed by atoms with E-state index in [1.165, 1.54) is 48.7 Å². The van der Waals surface area contributed by atoms with E-state index in [9.17, 15) is 53.4 Å². The molecule has 2 aromatic carbocycles. The second kappa shape index (κ2) is 26.8. The number of aromatic hydroxyl groups is 1. The van der Waals surface area contributed by atoms with Gasteiger partial charge in [-0.25, -0.2) is 4.98 Å². The normalized spacial score (nSPS) is 23.3. The van der Waals surface area contributed by atoms with Crippen LogP contribution in [0.3, 0.4) is 0 Å². The van der Waals surface area contributed by atoms with Crippen molar-refractivity contribution in [1.29, 1.82) is 0 Å². The van der Waals surface area contributed by atoms with E-state index in [0.29, 0.717) is 23.2 Å². The van der Waals surface area contributed by atoms with Gasteiger partial charge >= 0.3 is 5.97 Å². The molecule has 2 saturated heterocycles. The summed E-state index contributed by atoms with van der Waals surface area (Å²) in [6.45, 7) is -0.433. The van der Waals surface area contributed by atoms with Gasteiger partial charge < -0.3 is 74.1 Å². The zero-order valence-corrected chi connectivity index (χ0v) is 39.9. The molecule has 2 aliphatic rings. The number of benzene rings is 2. The largest absolute Gasteiger partial charge is 0.508 e. The molecule has 25 heteroatoms. The third-order valence-electron chi connectivity index (χ3n) is 12.0. The predicted molar refractivity (Wildman–Crippen MR) is 259 cm³/mol. The first-order valence-corrected chi connectivity index (χ1v) is 23.5. The van der Waals surface area contributed by atoms with E-state index in [1.807, 2.05) is 0 Å². The molecular formula is C47H64N14O11. The number of fused-ring (bicyclic) bond motifs is 1. The van der Waals surface area contributed by atoms with Gasteiger partial charge in [0.25, 0.3) is 0 Å². The second-order valence-corrected chi connectivity index (χ2v) is 17.6. The molecule has 72 heavy (non-hydrogen) atoms. The van der Waals surface area contributed by atoms with Gasteiger partial charge in [-0.1, -0.05) is 42.5 Å². The Morgan fingerprint density at radius 2 is 1.28 bits per heavy atom. The van der Waals surface area contributed by atoms with Crippen molar-refractivity contribution in [3.8, 4) is 5.75 Å². The summed E-state index contributed by atoms with van der Waals surface area (Å²) in [7, 11) is 1.32. The number of phenols is 1. The predicted octanol–water partition coefficient (Wildman–Crippen LogP) is -3.22. The molecule has 0 spiro atoms. The first kappa shape index (κ1) is 54.8. The molecule has 388 valence electrons. The Hall–Kier alpha value is -8.09. The third-order valence-corrected chi connectivity index (χ3v) is 12.0. The SMILES string of the molecule is CN1CC(=O)N[C@@H](CCCN=C(N)N)C(=O)N[C@@H](CC(=O)O)C(=O)N[C@@H](Cc2ccc(O)cc2)C(=O)N[C@@H](CCCN)C(=O)N[C@@H](Cc2cnc[nH]2)C(=O)N2CCC[C@H]2C(=O)N[C@@H](Cc2ccccc2)C1=O. The molecule has 2 fully saturated rings. The quantitative estimate of drug-likeness (QED) is 0.0405. The van der Waals surface area contributed by atoms with Crippen molar-refractivity contribution in [1.82, 2.24) is 51.7 Å². The van der Waals surface area contributed by atoms with Gasteiger partial charge in [-0.05, 0) is 68.3 Å². The fourth-order valence-electron chi connectivity index (χ4n) is 8.35. The highest BCUT2D eigenvalue weighted by atomic mass is 16.4. The number of aliphatic carboxylic acids is 1. The maximum atomic E-state index is 14.7. The summed E-state index contributed by atoms with van der Waals surface area (Å²) >= 11 is 0. The summed E-state index contributed by atoms with van der Waals surface area (Å²) in [5.74, 6) is -8.62. The van der Waals surface area contributed by atoms with E-state index >= 15 is 0 Å². The number of aromatic amines is 1. The second-order valence-electron chi connectivity index (χ2n) is 17.6. The molecule has 5 rings (SSSR count). The smallest absolute Gasteiger partial charge is 0.305 e. The topological polar surface area (TPSA) is 392 Å². The van der Waals surface area contributed by atoms with Crippen LogP contribution in [0.25, 0.3) is 0 Å². The first-order chi connectivity index (χ1) is 34.4. The van der Waals surface area contributed by atoms with Gasteiger partial charge in [0.15, 0.2) is 5.96 Å². The van der Waals surface area contributed by atoms with Gasteiger partial charge in [-0.15, -0.1) is 0 Å². The van der Waals surface area contributed by atoms with E-state index in [4.69, 9.17) is 17.2 Å². The summed E-state index contributed by atoms with van der Waals surface area (Å²) in [6, 6.07) is 4.45. The number of imidazole rings is 1. The van der Waals surface area contributed by atoms with Crippen LogP contribution >= 0.6 is 0 Å². The Morgan fingerprint density at radius 3 is 1.93 bits per heavy atom. The molecule has 0 radical (unpaired) electrons. The highest BCUT2D eigenvalue weighted by Crippen LogP contribution is 2.21. The number of hydrogen-bond donors (Lipinski definition) is 12. The molecule has 0 aliphatic carbocycles. The maximum absolute atomic E-state index is 14.7. The molecule has 0 saturated carbocycles. The van der Waals surface area contributed by atoms with E-state index in [-0.39, 0.29) is 82.7 Å². The number of carboxylic acids is 1. The average Bonchev–Trinajstić information content (AvgIpc) is 4.06. The molecule has 8 amide bonds. The zero-order valence-electron chi connectivity index (χ0n) is 39.9. The zero-order chi connectivity index (χ0) is 52.3. The third kappa shape index (κ3) is 16.5. The number of nitrogens with two attached hydrogens (primary N) is 3. The number of guanidine groups is 1. The first-order valence-electron chi connectivity index (χ1n) is 23.5. The summed E-state index contributed by atoms with van der Waals surface area (Å²) < 4.78 is 0. The number of carbonyl (C=O) groups excluding carboxylic acids is 8. The molecule has 25 nitrogen and oxygen atoms in total. The molecule has 2 aliphatic heterocycles. The lowest BCUT2D eigenvalue weighted by molar-refractivity contribution is -0.143. The lowest BCUT2D eigenvalue weighted by Gasteiger charge is -2.31. The highest BCUT2D eigenvalue weighted by molar-refractivity contribution is 5.99. The summed E-state index contributed by atoms with van der Waals surface area (Å²) in [6.07, 6.45) is 2.15. The van der Waals surface area contributed by atoms with Gasteiger partial charge in [0.1, 0.15) is 48.0 Å². The van der Waals surface area contributed by atoms with Crippen LogP contribution in [0.5, 0.6) is 5.75 Å². The highest BCUT2D eigenvalue weighted by Gasteiger charge is 2.41. The number of carbonyl (C=O) groups is 9. The minimum absolute atomic E-state index is 0.00750. The van der Waals surface area contributed by atoms with Crippen LogP contribution < -0.4 is 49.1 Å². The average molecular weight is 1000 g/mol. The fraction of sp³-hybridized carbons (Fsp3) is 0.468. The van der Waals surface area contributed by atoms with Crippen LogP contribution in [-0.2, 0) is 62.4 Å². The minimum atomic E-state index is -1.85. The molecule has 0 unspecified atom stereocenters. The molecule has 0 bridgehead atoms. The Balaban J connectivity index is 1.57. The van der Waals surface area contributed by atoms with Crippen molar-refractivity contribution < 1.29 is 53.4 Å². The van der Waals surface area contributed by atoms with Gasteiger partial charge in [0, 0.05) is 51.3 Å². The summed E-state index contributed by atoms with van der Waals surface area (Å²) in [5.41, 5.74) is 18.3. The van der Waals surface area contributed by atoms with Gasteiger partial charge in [-0.2, -0.15) is 0 Å². The molecule has 7 atom stereocenters. The van der Waals surface area contributed by atoms with Crippen LogP contribution in [0.2, 0.25) is 0 Å². The van der Waals surface area contributed by atoms with Gasteiger partial charge in [-0.3, -0.25) is 48.1 Å². The number of hydrogen-bond acceptors (Lipinski definition) is 13. The molecule has 1 aromatic heterocycles. The Morgan fingerprint density at radius 1 is 0.708 bits per heavy atom. The number of nitrogens with one attached hydrogen (secondary N) is 7. The van der Waals surface area contributed by atoms with Crippen LogP contribution in [0.4, 0.5) is 0 Å². The summed E-state index contributed by atoms with van der Waals surface area (Å²) in [4.78, 5) is 139. The molecule has 3 heterocycles. The fourth-order valence-corrected chi connectivity index (χ4v) is 8.35. The number of aliphatic imine (C=N–C) groups is 1. The number of carboxylic acid groups (broad SMARTS) is 1. The molecule has 15 N–H and O–H groups in total. The maximum Gasteiger partial charge on any atom is 0.305 e. The Kier molecular flexibility index (Phi) is 20.4. The van der Waals surface area contributed by atoms with Crippen molar-refractivity contribution in [3.05, 3.63) is 83.9 Å². The van der Waals surface area contributed by atoms with Gasteiger partial charge in [0.05, 0.1) is 19.3 Å². The van der Waals surface area contributed by atoms with Crippen molar-refractivity contribution in [2.24, 2.45) is 22.2 Å². The van der Waals surface area contributed by atoms with Crippen LogP contribution in [-0.4, -0.2) is 165 Å². The van der Waals surface area contributed by atoms with Crippen LogP contribution in [0.15, 0.2) is 72.1 Å². The van der Waals surface area contributed by atoms with E-state index in [2.05, 4.69) is 46.9 Å². The van der Waals surface area contributed by atoms with E-state index < -0.39 is 108 Å². The Bertz CT molecular complexity index is 2400. The molecule has 3 aromatic rings. The van der Waals surface area contributed by atoms with Crippen molar-refractivity contribution in [3.63, 3.8) is 0 Å². The van der Waals surface area contributed by atoms with Crippen molar-refractivity contribution in [2.45, 2.75) is 107 Å². The number of rotatable bonds is 15. The lowest BCUT2D eigenvalue weighted by Crippen LogP contribution is -2.61. The van der Waals surface area contributed by atoms with Gasteiger partial charge in [0.2, 0.25) is 47.3 Å². The Labute approximate surface area is 414 Å². The number of nitrogens with zero attached hydrogens (tertiary/aromatic N) is 4. The minimum Gasteiger partial charge on any atom is -0.508 e. The standard InChI is InChI=1S/C47H64N14O11/c1-60-25-38(63)54-31(11-6-18-52-47(49)50)40(66)57-34(23-39(64)65)43(69)56-33(20-28-13-15-30(62)16-14-28)42(68)55-32(10-5-17-48)41(67)58-36(22-29-24-51-26-53-29)46(72)61-19-7-12-37(61)44(70)59-35(45(60)71)21-27-8-3-2-4-9-27/h2-4,8-9,13-16,24,26,31-37,62H,5-7,10-12,17-23,25,48H2,1H3,(H,51,53)(H,54,63)(H,55,68)(H,56,69)(H,57,66)(H,58,67)(H,59,70)(H,64,65)(H4,49,50,52)/t31-,32-,33-,34-,35-,36-,37-/m0/s1. The monoisotopic (exact) mass is 1000 g/mol. The van der Waals surface area contributed by atoms with Crippen LogP contribution in [0, 0.1) is 0 Å². The number of phenolic OH excluding ortho intramolecular Hbond substituents is 1. The van der Waals surface area contributed by atoms with E-state index in [1.54, 1.807) is 30.3 Å². The number of aromatic nitrogens is 2. The van der Waals surface area contributed by atoms with Crippen molar-refractivity contribution >= 4 is 59.2 Å². The van der Waals surface area contributed by atoms with Crippen molar-refractivity contribution in [2.75, 3.05) is 33.2 Å². The number of likely N-dealkylation sites (N-methyl/N-ethyl adjacent to an activating group) is 1. The number of amides is 8. The lowest BCUT2D eigenvalue weighted by atomic mass is 10.0. The molecular weight excluding hydrogens is 937 g/mol.